The summed E-state index contributed by atoms with van der Waals surface area (Å²) in [5.74, 6) is 1.87. The number of rotatable bonds is 2. The van der Waals surface area contributed by atoms with Gasteiger partial charge in [-0.15, -0.1) is 0 Å². The highest BCUT2D eigenvalue weighted by Crippen LogP contribution is 2.49. The first-order valence-corrected chi connectivity index (χ1v) is 5.58. The second-order valence-corrected chi connectivity index (χ2v) is 3.83. The molecule has 2 N–H and O–H groups in total. The van der Waals surface area contributed by atoms with Crippen LogP contribution in [0.25, 0.3) is 0 Å². The van der Waals surface area contributed by atoms with E-state index in [2.05, 4.69) is 37.3 Å². The Hall–Kier alpha value is -0.820. The van der Waals surface area contributed by atoms with E-state index in [4.69, 9.17) is 5.73 Å². The van der Waals surface area contributed by atoms with Crippen molar-refractivity contribution in [2.45, 2.75) is 32.6 Å². The van der Waals surface area contributed by atoms with Gasteiger partial charge in [-0.3, -0.25) is 0 Å². The maximum atomic E-state index is 4.85. The summed E-state index contributed by atoms with van der Waals surface area (Å²) in [5.41, 5.74) is 6.39. The third kappa shape index (κ3) is 3.15. The van der Waals surface area contributed by atoms with Gasteiger partial charge in [-0.25, -0.2) is 0 Å². The largest absolute Gasteiger partial charge is 0.331 e. The molecule has 1 heteroatoms. The average molecular weight is 191 g/mol. The fourth-order valence-corrected chi connectivity index (χ4v) is 1.81. The van der Waals surface area contributed by atoms with Crippen molar-refractivity contribution in [3.63, 3.8) is 0 Å². The molecule has 2 unspecified atom stereocenters. The molecule has 0 heterocycles. The second kappa shape index (κ2) is 5.82. The van der Waals surface area contributed by atoms with Gasteiger partial charge in [0.2, 0.25) is 0 Å². The van der Waals surface area contributed by atoms with Crippen molar-refractivity contribution in [2.24, 2.45) is 11.7 Å². The van der Waals surface area contributed by atoms with Crippen LogP contribution in [0.5, 0.6) is 0 Å². The predicted octanol–water partition coefficient (Wildman–Crippen LogP) is 3.17. The van der Waals surface area contributed by atoms with Gasteiger partial charge in [0.15, 0.2) is 0 Å². The van der Waals surface area contributed by atoms with Crippen LogP contribution in [-0.4, -0.2) is 6.54 Å². The summed E-state index contributed by atoms with van der Waals surface area (Å²) in [6.45, 7) is 4.94. The number of nitrogens with two attached hydrogens (primary N) is 1. The summed E-state index contributed by atoms with van der Waals surface area (Å²) in [7, 11) is 0. The molecule has 1 aliphatic carbocycles. The molecule has 1 aliphatic rings. The van der Waals surface area contributed by atoms with E-state index >= 15 is 0 Å². The smallest absolute Gasteiger partial charge is 0.0106 e. The highest BCUT2D eigenvalue weighted by atomic mass is 14.5. The average Bonchev–Trinajstić information content (AvgIpc) is 2.99. The second-order valence-electron chi connectivity index (χ2n) is 3.83. The van der Waals surface area contributed by atoms with Gasteiger partial charge in [-0.2, -0.15) is 0 Å². The molecule has 1 saturated carbocycles. The zero-order chi connectivity index (χ0) is 10.4. The Bertz CT molecular complexity index is 243. The molecule has 0 spiro atoms. The Labute approximate surface area is 87.3 Å². The summed E-state index contributed by atoms with van der Waals surface area (Å²) in [6, 6.07) is 10.9. The first-order chi connectivity index (χ1) is 6.83. The lowest BCUT2D eigenvalue weighted by molar-refractivity contribution is 0.766. The van der Waals surface area contributed by atoms with Gasteiger partial charge in [-0.1, -0.05) is 50.6 Å². The number of hydrogen-bond acceptors (Lipinski definition) is 1. The highest BCUT2D eigenvalue weighted by Gasteiger charge is 2.35. The maximum Gasteiger partial charge on any atom is -0.0106 e. The third-order valence-electron chi connectivity index (χ3n) is 2.67. The van der Waals surface area contributed by atoms with E-state index in [-0.39, 0.29) is 0 Å². The van der Waals surface area contributed by atoms with Crippen LogP contribution in [0, 0.1) is 5.92 Å². The zero-order valence-electron chi connectivity index (χ0n) is 9.24. The minimum Gasteiger partial charge on any atom is -0.331 e. The summed E-state index contributed by atoms with van der Waals surface area (Å²) in [4.78, 5) is 0. The molecule has 0 saturated heterocycles. The van der Waals surface area contributed by atoms with Crippen molar-refractivity contribution in [1.82, 2.24) is 0 Å². The molecule has 0 aromatic heterocycles. The van der Waals surface area contributed by atoms with E-state index < -0.39 is 0 Å². The van der Waals surface area contributed by atoms with Gasteiger partial charge in [0.05, 0.1) is 0 Å². The van der Waals surface area contributed by atoms with Crippen LogP contribution in [0.3, 0.4) is 0 Å². The Morgan fingerprint density at radius 1 is 1.21 bits per heavy atom. The van der Waals surface area contributed by atoms with Crippen molar-refractivity contribution < 1.29 is 0 Å². The van der Waals surface area contributed by atoms with Crippen molar-refractivity contribution in [3.05, 3.63) is 35.9 Å². The Balaban J connectivity index is 0.000000293. The first kappa shape index (κ1) is 11.3. The van der Waals surface area contributed by atoms with Crippen LogP contribution in [0.2, 0.25) is 0 Å². The van der Waals surface area contributed by atoms with E-state index in [1.54, 1.807) is 5.56 Å². The number of hydrogen-bond donors (Lipinski definition) is 1. The monoisotopic (exact) mass is 191 g/mol. The van der Waals surface area contributed by atoms with Crippen molar-refractivity contribution >= 4 is 0 Å². The molecular formula is C13H21N. The fourth-order valence-electron chi connectivity index (χ4n) is 1.81. The molecule has 78 valence electrons. The molecule has 14 heavy (non-hydrogen) atoms. The fraction of sp³-hybridized carbons (Fsp3) is 0.538. The molecule has 1 aromatic carbocycles. The van der Waals surface area contributed by atoms with Crippen molar-refractivity contribution in [2.75, 3.05) is 6.54 Å². The Morgan fingerprint density at radius 3 is 2.21 bits per heavy atom. The normalized spacial score (nSPS) is 23.6. The van der Waals surface area contributed by atoms with Gasteiger partial charge in [0.25, 0.3) is 0 Å². The Morgan fingerprint density at radius 2 is 1.79 bits per heavy atom. The summed E-state index contributed by atoms with van der Waals surface area (Å²) in [6.07, 6.45) is 2.76. The molecule has 0 radical (unpaired) electrons. The van der Waals surface area contributed by atoms with Gasteiger partial charge in [0.1, 0.15) is 0 Å². The minimum atomic E-state index is 0.750. The lowest BCUT2D eigenvalue weighted by Crippen LogP contribution is -1.87. The van der Waals surface area contributed by atoms with Crippen molar-refractivity contribution in [3.8, 4) is 0 Å². The van der Waals surface area contributed by atoms with Crippen LogP contribution in [0.4, 0.5) is 0 Å². The SMILES string of the molecule is CCC1CC1c1ccccc1.CCN. The zero-order valence-corrected chi connectivity index (χ0v) is 9.24. The minimum absolute atomic E-state index is 0.750. The molecular weight excluding hydrogens is 170 g/mol. The summed E-state index contributed by atoms with van der Waals surface area (Å²) in [5, 5.41) is 0. The van der Waals surface area contributed by atoms with Gasteiger partial charge in [-0.05, 0) is 30.4 Å². The van der Waals surface area contributed by atoms with E-state index in [0.717, 1.165) is 18.4 Å². The maximum absolute atomic E-state index is 4.85. The van der Waals surface area contributed by atoms with Crippen LogP contribution in [0.1, 0.15) is 38.2 Å². The van der Waals surface area contributed by atoms with E-state index in [0.29, 0.717) is 0 Å². The number of benzene rings is 1. The Kier molecular flexibility index (Phi) is 4.68. The first-order valence-electron chi connectivity index (χ1n) is 5.58. The lowest BCUT2D eigenvalue weighted by Gasteiger charge is -1.96. The van der Waals surface area contributed by atoms with E-state index in [1.165, 1.54) is 12.8 Å². The molecule has 0 amide bonds. The quantitative estimate of drug-likeness (QED) is 0.763. The lowest BCUT2D eigenvalue weighted by atomic mass is 10.1. The predicted molar refractivity (Wildman–Crippen MR) is 62.3 cm³/mol. The van der Waals surface area contributed by atoms with Crippen LogP contribution in [-0.2, 0) is 0 Å². The van der Waals surface area contributed by atoms with Gasteiger partial charge < -0.3 is 5.73 Å². The molecule has 1 nitrogen and oxygen atoms in total. The molecule has 1 aromatic rings. The molecule has 2 rings (SSSR count). The molecule has 2 atom stereocenters. The van der Waals surface area contributed by atoms with Crippen LogP contribution < -0.4 is 5.73 Å². The molecule has 1 fully saturated rings. The van der Waals surface area contributed by atoms with Gasteiger partial charge >= 0.3 is 0 Å². The molecule has 0 aliphatic heterocycles. The topological polar surface area (TPSA) is 26.0 Å². The summed E-state index contributed by atoms with van der Waals surface area (Å²) < 4.78 is 0. The molecule has 0 bridgehead atoms. The van der Waals surface area contributed by atoms with Gasteiger partial charge in [0, 0.05) is 0 Å². The standard InChI is InChI=1S/C11H14.C2H7N/c1-2-9-8-11(9)10-6-4-3-5-7-10;1-2-3/h3-7,9,11H,2,8H2,1H3;2-3H2,1H3. The van der Waals surface area contributed by atoms with Crippen LogP contribution in [0.15, 0.2) is 30.3 Å². The van der Waals surface area contributed by atoms with E-state index in [9.17, 15) is 0 Å². The van der Waals surface area contributed by atoms with Crippen LogP contribution >= 0.6 is 0 Å². The summed E-state index contributed by atoms with van der Waals surface area (Å²) >= 11 is 0. The van der Waals surface area contributed by atoms with Crippen molar-refractivity contribution in [1.29, 1.82) is 0 Å². The third-order valence-corrected chi connectivity index (χ3v) is 2.67. The van der Waals surface area contributed by atoms with E-state index in [1.807, 2.05) is 6.92 Å². The highest BCUT2D eigenvalue weighted by molar-refractivity contribution is 5.25.